The number of nitrogens with two attached hydrogens (primary N) is 1. The Balaban J connectivity index is 0.000000225. The highest BCUT2D eigenvalue weighted by atomic mass is 79.9. The number of aromatic nitrogens is 2. The molecule has 1 aromatic heterocycles. The third-order valence-electron chi connectivity index (χ3n) is 1.83. The smallest absolute Gasteiger partial charge is 0.312 e. The molecular weight excluding hydrogens is 296 g/mol. The molecule has 3 N–H and O–H groups in total. The molecule has 2 aromatic rings. The van der Waals surface area contributed by atoms with Gasteiger partial charge in [-0.1, -0.05) is 28.1 Å². The van der Waals surface area contributed by atoms with Crippen LogP contribution >= 0.6 is 15.9 Å². The van der Waals surface area contributed by atoms with Crippen LogP contribution in [0, 0.1) is 0 Å². The molecule has 0 saturated carbocycles. The predicted octanol–water partition coefficient (Wildman–Crippen LogP) is 2.09. The van der Waals surface area contributed by atoms with E-state index in [1.54, 1.807) is 18.5 Å². The molecule has 0 bridgehead atoms. The Labute approximate surface area is 114 Å². The van der Waals surface area contributed by atoms with Crippen molar-refractivity contribution in [2.45, 2.75) is 6.54 Å². The van der Waals surface area contributed by atoms with Gasteiger partial charge in [0.1, 0.15) is 6.33 Å². The fraction of sp³-hybridized carbons (Fsp3) is 0.0833. The zero-order chi connectivity index (χ0) is 13.2. The molecule has 0 spiro atoms. The van der Waals surface area contributed by atoms with Crippen molar-refractivity contribution in [1.29, 1.82) is 0 Å². The monoisotopic (exact) mass is 308 g/mol. The Bertz CT molecular complexity index is 452. The van der Waals surface area contributed by atoms with E-state index >= 15 is 0 Å². The largest absolute Gasteiger partial charge is 0.352 e. The van der Waals surface area contributed by atoms with E-state index in [4.69, 9.17) is 5.73 Å². The lowest BCUT2D eigenvalue weighted by Gasteiger charge is -2.01. The first-order valence-electron chi connectivity index (χ1n) is 5.16. The van der Waals surface area contributed by atoms with Gasteiger partial charge < -0.3 is 11.1 Å². The Morgan fingerprint density at radius 3 is 2.44 bits per heavy atom. The predicted molar refractivity (Wildman–Crippen MR) is 72.6 cm³/mol. The second-order valence-electron chi connectivity index (χ2n) is 3.25. The normalized spacial score (nSPS) is 8.94. The molecule has 1 heterocycles. The summed E-state index contributed by atoms with van der Waals surface area (Å²) in [5, 5.41) is 2.51. The molecule has 18 heavy (non-hydrogen) atoms. The van der Waals surface area contributed by atoms with Gasteiger partial charge in [0.25, 0.3) is 0 Å². The van der Waals surface area contributed by atoms with E-state index in [0.717, 1.165) is 10.0 Å². The van der Waals surface area contributed by atoms with Crippen LogP contribution in [0.4, 0.5) is 4.79 Å². The minimum absolute atomic E-state index is 0.467. The molecule has 94 valence electrons. The van der Waals surface area contributed by atoms with E-state index in [1.807, 2.05) is 24.3 Å². The first-order valence-corrected chi connectivity index (χ1v) is 5.95. The van der Waals surface area contributed by atoms with Crippen LogP contribution in [0.5, 0.6) is 0 Å². The van der Waals surface area contributed by atoms with Crippen LogP contribution in [0.25, 0.3) is 0 Å². The number of carbonyl (C=O) groups is 1. The maximum Gasteiger partial charge on any atom is 0.312 e. The standard InChI is InChI=1S/C8H9BrN2O.C4H4N2/c9-7-3-1-2-6(4-7)5-11-8(10)12;1-2-5-4-6-3-1/h1-4H,5H2,(H3,10,11,12);1-4H. The van der Waals surface area contributed by atoms with Crippen molar-refractivity contribution < 1.29 is 4.79 Å². The lowest BCUT2D eigenvalue weighted by Crippen LogP contribution is -2.28. The summed E-state index contributed by atoms with van der Waals surface area (Å²) in [5.41, 5.74) is 5.93. The molecule has 2 amide bonds. The molecule has 0 atom stereocenters. The van der Waals surface area contributed by atoms with Crippen LogP contribution < -0.4 is 11.1 Å². The molecule has 1 aromatic carbocycles. The third kappa shape index (κ3) is 6.59. The number of nitrogens with one attached hydrogen (secondary N) is 1. The van der Waals surface area contributed by atoms with Crippen LogP contribution in [0.2, 0.25) is 0 Å². The summed E-state index contributed by atoms with van der Waals surface area (Å²) >= 11 is 3.33. The molecule has 0 saturated heterocycles. The number of hydrogen-bond donors (Lipinski definition) is 2. The number of benzene rings is 1. The maximum absolute atomic E-state index is 10.4. The SMILES string of the molecule is NC(=O)NCc1cccc(Br)c1.c1cncnc1. The number of carbonyl (C=O) groups excluding carboxylic acids is 1. The molecule has 0 aliphatic rings. The number of rotatable bonds is 2. The van der Waals surface area contributed by atoms with Gasteiger partial charge in [0.05, 0.1) is 0 Å². The van der Waals surface area contributed by atoms with Gasteiger partial charge in [-0.15, -0.1) is 0 Å². The van der Waals surface area contributed by atoms with E-state index < -0.39 is 6.03 Å². The zero-order valence-electron chi connectivity index (χ0n) is 9.58. The van der Waals surface area contributed by atoms with Crippen molar-refractivity contribution in [3.8, 4) is 0 Å². The number of nitrogens with zero attached hydrogens (tertiary/aromatic N) is 2. The lowest BCUT2D eigenvalue weighted by atomic mass is 10.2. The number of halogens is 1. The Morgan fingerprint density at radius 2 is 2.00 bits per heavy atom. The molecule has 0 aliphatic heterocycles. The van der Waals surface area contributed by atoms with Crippen LogP contribution in [-0.4, -0.2) is 16.0 Å². The van der Waals surface area contributed by atoms with Gasteiger partial charge in [-0.2, -0.15) is 0 Å². The van der Waals surface area contributed by atoms with Crippen LogP contribution in [0.1, 0.15) is 5.56 Å². The number of hydrogen-bond acceptors (Lipinski definition) is 3. The molecule has 0 aliphatic carbocycles. The minimum atomic E-state index is -0.505. The van der Waals surface area contributed by atoms with Gasteiger partial charge in [-0.3, -0.25) is 0 Å². The molecule has 0 unspecified atom stereocenters. The number of amides is 2. The Hall–Kier alpha value is -1.95. The quantitative estimate of drug-likeness (QED) is 0.891. The van der Waals surface area contributed by atoms with Gasteiger partial charge in [0.2, 0.25) is 0 Å². The van der Waals surface area contributed by atoms with E-state index in [2.05, 4.69) is 31.2 Å². The van der Waals surface area contributed by atoms with Gasteiger partial charge in [0.15, 0.2) is 0 Å². The topological polar surface area (TPSA) is 80.9 Å². The molecule has 2 rings (SSSR count). The third-order valence-corrected chi connectivity index (χ3v) is 2.33. The Kier molecular flexibility index (Phi) is 6.42. The van der Waals surface area contributed by atoms with Crippen molar-refractivity contribution in [2.75, 3.05) is 0 Å². The molecule has 0 radical (unpaired) electrons. The minimum Gasteiger partial charge on any atom is -0.352 e. The maximum atomic E-state index is 10.4. The van der Waals surface area contributed by atoms with Gasteiger partial charge in [0, 0.05) is 23.4 Å². The molecular formula is C12H13BrN4O. The highest BCUT2D eigenvalue weighted by Gasteiger charge is 1.94. The summed E-state index contributed by atoms with van der Waals surface area (Å²) in [5.74, 6) is 0. The van der Waals surface area contributed by atoms with Crippen molar-refractivity contribution in [2.24, 2.45) is 5.73 Å². The van der Waals surface area contributed by atoms with Gasteiger partial charge in [-0.25, -0.2) is 14.8 Å². The van der Waals surface area contributed by atoms with E-state index in [1.165, 1.54) is 6.33 Å². The lowest BCUT2D eigenvalue weighted by molar-refractivity contribution is 0.248. The van der Waals surface area contributed by atoms with Gasteiger partial charge in [-0.05, 0) is 23.8 Å². The van der Waals surface area contributed by atoms with Crippen molar-refractivity contribution >= 4 is 22.0 Å². The summed E-state index contributed by atoms with van der Waals surface area (Å²) < 4.78 is 0.992. The second-order valence-corrected chi connectivity index (χ2v) is 4.17. The van der Waals surface area contributed by atoms with E-state index in [0.29, 0.717) is 6.54 Å². The second kappa shape index (κ2) is 8.19. The summed E-state index contributed by atoms with van der Waals surface area (Å²) in [6, 6.07) is 8.95. The first-order chi connectivity index (χ1) is 8.68. The van der Waals surface area contributed by atoms with Crippen molar-refractivity contribution in [3.05, 3.63) is 59.1 Å². The van der Waals surface area contributed by atoms with E-state index in [9.17, 15) is 4.79 Å². The highest BCUT2D eigenvalue weighted by Crippen LogP contribution is 2.10. The fourth-order valence-electron chi connectivity index (χ4n) is 1.09. The number of urea groups is 1. The number of primary amides is 1. The van der Waals surface area contributed by atoms with Crippen molar-refractivity contribution in [1.82, 2.24) is 15.3 Å². The Morgan fingerprint density at radius 1 is 1.28 bits per heavy atom. The fourth-order valence-corrected chi connectivity index (χ4v) is 1.54. The highest BCUT2D eigenvalue weighted by molar-refractivity contribution is 9.10. The summed E-state index contributed by atoms with van der Waals surface area (Å²) in [7, 11) is 0. The van der Waals surface area contributed by atoms with Crippen LogP contribution in [-0.2, 0) is 6.54 Å². The summed E-state index contributed by atoms with van der Waals surface area (Å²) in [6.45, 7) is 0.467. The van der Waals surface area contributed by atoms with Gasteiger partial charge >= 0.3 is 6.03 Å². The molecule has 6 heteroatoms. The summed E-state index contributed by atoms with van der Waals surface area (Å²) in [6.07, 6.45) is 4.88. The van der Waals surface area contributed by atoms with Crippen molar-refractivity contribution in [3.63, 3.8) is 0 Å². The average molecular weight is 309 g/mol. The van der Waals surface area contributed by atoms with Crippen LogP contribution in [0.15, 0.2) is 53.5 Å². The molecule has 5 nitrogen and oxygen atoms in total. The average Bonchev–Trinajstić information content (AvgIpc) is 2.39. The summed E-state index contributed by atoms with van der Waals surface area (Å²) in [4.78, 5) is 17.7. The molecule has 0 fully saturated rings. The first kappa shape index (κ1) is 14.1. The van der Waals surface area contributed by atoms with Crippen LogP contribution in [0.3, 0.4) is 0 Å². The zero-order valence-corrected chi connectivity index (χ0v) is 11.2. The van der Waals surface area contributed by atoms with E-state index in [-0.39, 0.29) is 0 Å².